The zero-order valence-electron chi connectivity index (χ0n) is 43.6. The third-order valence-corrected chi connectivity index (χ3v) is 67.3. The SMILES string of the molecule is CC(C)CC1=Cc2c(ccc(-c3ccccc3)c2-c2cc(C(C)C)cc(C(C)C)c2)[CH]1[Zr]([Cl])([Cl])([CH]1C(CC(C)C)=Cc2c1ccc(-c1ccccc1)c2-c1cc(C(C)C)cc(C(C)C)c1)[SiH](C)C. The zero-order valence-corrected chi connectivity index (χ0v) is 48.7. The Morgan fingerprint density at radius 3 is 1.03 bits per heavy atom. The second kappa shape index (κ2) is 19.9. The second-order valence-corrected chi connectivity index (χ2v) is 65.5. The molecule has 0 saturated carbocycles. The number of benzene rings is 6. The maximum absolute atomic E-state index is 9.29. The first-order valence-corrected chi connectivity index (χ1v) is 42.2. The molecule has 0 aliphatic heterocycles. The van der Waals surface area contributed by atoms with E-state index in [9.17, 15) is 17.0 Å². The van der Waals surface area contributed by atoms with Gasteiger partial charge in [-0.2, -0.15) is 0 Å². The molecule has 0 nitrogen and oxygen atoms in total. The van der Waals surface area contributed by atoms with Crippen LogP contribution in [0.4, 0.5) is 0 Å². The van der Waals surface area contributed by atoms with Gasteiger partial charge in [0.1, 0.15) is 0 Å². The summed E-state index contributed by atoms with van der Waals surface area (Å²) in [6.45, 7) is 33.2. The third kappa shape index (κ3) is 9.40. The number of fused-ring (bicyclic) bond motifs is 2. The van der Waals surface area contributed by atoms with Crippen molar-refractivity contribution in [2.75, 3.05) is 0 Å². The van der Waals surface area contributed by atoms with Crippen molar-refractivity contribution >= 4 is 35.1 Å². The van der Waals surface area contributed by atoms with Gasteiger partial charge in [-0.25, -0.2) is 0 Å². The number of rotatable bonds is 15. The van der Waals surface area contributed by atoms with Crippen LogP contribution in [0.1, 0.15) is 171 Å². The molecule has 0 spiro atoms. The standard InChI is InChI=1S/2C31H35.C2H7Si.2ClH.Zr/c2*1-20(2)14-23-15-25-12-13-29(24-10-8-7-9-11-24)31(30(25)16-23)28-18-26(21(3)4)17-27(19-28)22(5)6;1-3-2;;;/h2*7-13,15-22H,14H2,1-6H3;3H,1-2H3;2*1H;/q;;;;;+2/p-2. The van der Waals surface area contributed by atoms with Gasteiger partial charge in [-0.05, 0) is 0 Å². The van der Waals surface area contributed by atoms with Crippen LogP contribution in [0.2, 0.25) is 13.1 Å². The van der Waals surface area contributed by atoms with Crippen LogP contribution < -0.4 is 0 Å². The first-order chi connectivity index (χ1) is 32.2. The summed E-state index contributed by atoms with van der Waals surface area (Å²) in [4.78, 5) is 0. The van der Waals surface area contributed by atoms with Crippen molar-refractivity contribution in [2.45, 2.75) is 140 Å². The van der Waals surface area contributed by atoms with Crippen molar-refractivity contribution in [1.82, 2.24) is 0 Å². The van der Waals surface area contributed by atoms with E-state index in [4.69, 9.17) is 0 Å². The molecule has 6 aromatic carbocycles. The summed E-state index contributed by atoms with van der Waals surface area (Å²) in [6.07, 6.45) is 7.14. The minimum atomic E-state index is -5.25. The van der Waals surface area contributed by atoms with Crippen molar-refractivity contribution in [1.29, 1.82) is 0 Å². The molecule has 0 amide bonds. The van der Waals surface area contributed by atoms with Crippen LogP contribution in [0.25, 0.3) is 56.7 Å². The summed E-state index contributed by atoms with van der Waals surface area (Å²) in [5, 5.41) is 0. The van der Waals surface area contributed by atoms with Gasteiger partial charge >= 0.3 is 424 Å². The molecule has 2 aliphatic rings. The van der Waals surface area contributed by atoms with E-state index in [1.807, 2.05) is 0 Å². The van der Waals surface area contributed by atoms with E-state index >= 15 is 0 Å². The molecule has 68 heavy (non-hydrogen) atoms. The molecule has 0 aromatic heterocycles. The van der Waals surface area contributed by atoms with Gasteiger partial charge in [0.2, 0.25) is 0 Å². The monoisotopic (exact) mass is 1030 g/mol. The summed E-state index contributed by atoms with van der Waals surface area (Å²) in [7, 11) is 18.6. The van der Waals surface area contributed by atoms with Crippen LogP contribution in [-0.4, -0.2) is 5.92 Å². The molecule has 2 aliphatic carbocycles. The molecular formula is C64H77Cl2SiZr. The van der Waals surface area contributed by atoms with Crippen molar-refractivity contribution < 1.29 is 15.6 Å². The topological polar surface area (TPSA) is 0 Å². The van der Waals surface area contributed by atoms with E-state index in [0.29, 0.717) is 35.5 Å². The number of hydrogen-bond donors (Lipinski definition) is 0. The van der Waals surface area contributed by atoms with E-state index in [1.165, 1.54) is 100 Å². The molecule has 8 rings (SSSR count). The fraction of sp³-hybridized carbons (Fsp3) is 0.375. The van der Waals surface area contributed by atoms with Crippen LogP contribution >= 0.6 is 17.0 Å². The number of halogens is 2. The summed E-state index contributed by atoms with van der Waals surface area (Å²) >= 11 is -5.25. The predicted octanol–water partition coefficient (Wildman–Crippen LogP) is 20.5. The molecular weight excluding hydrogens is 959 g/mol. The Labute approximate surface area is 420 Å². The Balaban J connectivity index is 1.46. The van der Waals surface area contributed by atoms with Crippen molar-refractivity contribution in [2.24, 2.45) is 11.8 Å². The van der Waals surface area contributed by atoms with Gasteiger partial charge in [-0.15, -0.1) is 0 Å². The van der Waals surface area contributed by atoms with Gasteiger partial charge in [0.15, 0.2) is 0 Å². The van der Waals surface area contributed by atoms with Gasteiger partial charge in [0.25, 0.3) is 0 Å². The van der Waals surface area contributed by atoms with Gasteiger partial charge in [0, 0.05) is 0 Å². The van der Waals surface area contributed by atoms with Crippen LogP contribution in [0, 0.1) is 11.8 Å². The van der Waals surface area contributed by atoms with Gasteiger partial charge in [-0.1, -0.05) is 0 Å². The van der Waals surface area contributed by atoms with E-state index in [1.54, 1.807) is 0 Å². The minimum absolute atomic E-state index is 0.00848. The maximum atomic E-state index is 9.29. The first-order valence-electron chi connectivity index (χ1n) is 25.9. The Morgan fingerprint density at radius 1 is 0.426 bits per heavy atom. The molecule has 355 valence electrons. The molecule has 0 fully saturated rings. The molecule has 0 heterocycles. The van der Waals surface area contributed by atoms with E-state index in [-0.39, 0.29) is 7.25 Å². The van der Waals surface area contributed by atoms with E-state index in [2.05, 4.69) is 230 Å². The normalized spacial score (nSPS) is 16.6. The molecule has 6 aromatic rings. The van der Waals surface area contributed by atoms with Crippen LogP contribution in [0.15, 0.2) is 132 Å². The van der Waals surface area contributed by atoms with Crippen molar-refractivity contribution in [3.63, 3.8) is 0 Å². The summed E-state index contributed by atoms with van der Waals surface area (Å²) in [5.41, 5.74) is 24.1. The Hall–Kier alpha value is -3.52. The zero-order chi connectivity index (χ0) is 49.0. The first kappa shape index (κ1) is 50.9. The molecule has 0 saturated heterocycles. The molecule has 4 heteroatoms. The number of hydrogen-bond acceptors (Lipinski definition) is 0. The summed E-state index contributed by atoms with van der Waals surface area (Å²) in [5.74, 6) is 0.638. The quantitative estimate of drug-likeness (QED) is 0.0899. The molecule has 2 atom stereocenters. The molecule has 2 unspecified atom stereocenters. The van der Waals surface area contributed by atoms with Crippen molar-refractivity contribution in [3.8, 4) is 44.5 Å². The average molecular weight is 1040 g/mol. The summed E-state index contributed by atoms with van der Waals surface area (Å²) in [6, 6.07) is 46.7. The number of allylic oxidation sites excluding steroid dienone is 2. The molecule has 0 radical (unpaired) electrons. The molecule has 0 N–H and O–H groups in total. The van der Waals surface area contributed by atoms with Gasteiger partial charge in [0.05, 0.1) is 0 Å². The Kier molecular flexibility index (Phi) is 14.9. The van der Waals surface area contributed by atoms with Crippen LogP contribution in [-0.2, 0) is 15.6 Å². The van der Waals surface area contributed by atoms with Gasteiger partial charge < -0.3 is 0 Å². The Morgan fingerprint density at radius 2 is 0.750 bits per heavy atom. The van der Waals surface area contributed by atoms with Crippen LogP contribution in [0.3, 0.4) is 0 Å². The van der Waals surface area contributed by atoms with Crippen molar-refractivity contribution in [3.05, 3.63) is 177 Å². The van der Waals surface area contributed by atoms with E-state index in [0.717, 1.165) is 12.8 Å². The average Bonchev–Trinajstić information content (AvgIpc) is 3.86. The summed E-state index contributed by atoms with van der Waals surface area (Å²) < 4.78 is -0.0170. The Bertz CT molecular complexity index is 2630. The fourth-order valence-electron chi connectivity index (χ4n) is 11.8. The molecule has 0 bridgehead atoms. The van der Waals surface area contributed by atoms with Gasteiger partial charge in [-0.3, -0.25) is 0 Å². The van der Waals surface area contributed by atoms with E-state index < -0.39 is 21.5 Å². The van der Waals surface area contributed by atoms with Crippen LogP contribution in [0.5, 0.6) is 0 Å². The second-order valence-electron chi connectivity index (χ2n) is 23.0. The predicted molar refractivity (Wildman–Crippen MR) is 302 cm³/mol. The third-order valence-electron chi connectivity index (χ3n) is 15.4. The fourth-order valence-corrected chi connectivity index (χ4v) is 43.1.